The number of nitrogens with one attached hydrogen (secondary N) is 1. The third kappa shape index (κ3) is 3.72. The maximum Gasteiger partial charge on any atom is 0.125 e. The van der Waals surface area contributed by atoms with Crippen molar-refractivity contribution < 1.29 is 4.39 Å². The molecular weight excluding hydrogens is 291 g/mol. The largest absolute Gasteiger partial charge is 0.327 e. The van der Waals surface area contributed by atoms with Gasteiger partial charge in [0.1, 0.15) is 11.6 Å². The number of hydrogen-bond donors (Lipinski definition) is 1. The van der Waals surface area contributed by atoms with Gasteiger partial charge in [0.15, 0.2) is 0 Å². The molecule has 0 bridgehead atoms. The number of aromatic nitrogens is 2. The minimum absolute atomic E-state index is 0.213. The number of imidazole rings is 1. The molecule has 1 aliphatic heterocycles. The quantitative estimate of drug-likeness (QED) is 0.889. The van der Waals surface area contributed by atoms with E-state index in [2.05, 4.69) is 26.7 Å². The zero-order valence-electron chi connectivity index (χ0n) is 14.2. The highest BCUT2D eigenvalue weighted by molar-refractivity contribution is 5.76. The SMILES string of the molecule is CCn1c(CN2CCC(CCNC)CC2)nc2cc(F)ccc21. The summed E-state index contributed by atoms with van der Waals surface area (Å²) in [6, 6.07) is 4.90. The topological polar surface area (TPSA) is 33.1 Å². The van der Waals surface area contributed by atoms with Crippen LogP contribution in [0.5, 0.6) is 0 Å². The van der Waals surface area contributed by atoms with Gasteiger partial charge in [0.05, 0.1) is 17.6 Å². The maximum absolute atomic E-state index is 13.4. The molecule has 1 aromatic heterocycles. The number of piperidine rings is 1. The Hall–Kier alpha value is -1.46. The van der Waals surface area contributed by atoms with Crippen molar-refractivity contribution in [1.29, 1.82) is 0 Å². The smallest absolute Gasteiger partial charge is 0.125 e. The monoisotopic (exact) mass is 318 g/mol. The molecule has 0 saturated carbocycles. The number of aryl methyl sites for hydroxylation is 1. The van der Waals surface area contributed by atoms with Gasteiger partial charge >= 0.3 is 0 Å². The number of hydrogen-bond acceptors (Lipinski definition) is 3. The first-order valence-electron chi connectivity index (χ1n) is 8.73. The molecule has 0 unspecified atom stereocenters. The third-order valence-corrected chi connectivity index (χ3v) is 4.98. The molecule has 0 spiro atoms. The number of nitrogens with zero attached hydrogens (tertiary/aromatic N) is 3. The average Bonchev–Trinajstić information content (AvgIpc) is 2.90. The first-order chi connectivity index (χ1) is 11.2. The molecule has 126 valence electrons. The molecular formula is C18H27FN4. The van der Waals surface area contributed by atoms with Crippen LogP contribution in [0.1, 0.15) is 32.0 Å². The van der Waals surface area contributed by atoms with Crippen molar-refractivity contribution in [3.05, 3.63) is 29.8 Å². The second-order valence-corrected chi connectivity index (χ2v) is 6.52. The summed E-state index contributed by atoms with van der Waals surface area (Å²) in [6.45, 7) is 7.24. The van der Waals surface area contributed by atoms with E-state index in [0.717, 1.165) is 55.5 Å². The van der Waals surface area contributed by atoms with Gasteiger partial charge in [0, 0.05) is 12.6 Å². The lowest BCUT2D eigenvalue weighted by molar-refractivity contribution is 0.167. The third-order valence-electron chi connectivity index (χ3n) is 4.98. The highest BCUT2D eigenvalue weighted by atomic mass is 19.1. The average molecular weight is 318 g/mol. The van der Waals surface area contributed by atoms with Gasteiger partial charge in [-0.1, -0.05) is 0 Å². The fourth-order valence-electron chi connectivity index (χ4n) is 3.61. The van der Waals surface area contributed by atoms with Gasteiger partial charge in [0.25, 0.3) is 0 Å². The van der Waals surface area contributed by atoms with Gasteiger partial charge in [-0.15, -0.1) is 0 Å². The molecule has 2 aromatic rings. The summed E-state index contributed by atoms with van der Waals surface area (Å²) in [6.07, 6.45) is 3.81. The molecule has 1 fully saturated rings. The molecule has 3 rings (SSSR count). The zero-order valence-corrected chi connectivity index (χ0v) is 14.2. The lowest BCUT2D eigenvalue weighted by Gasteiger charge is -2.31. The van der Waals surface area contributed by atoms with Crippen LogP contribution in [-0.2, 0) is 13.1 Å². The Morgan fingerprint density at radius 3 is 2.78 bits per heavy atom. The second kappa shape index (κ2) is 7.41. The van der Waals surface area contributed by atoms with Crippen LogP contribution in [0.4, 0.5) is 4.39 Å². The van der Waals surface area contributed by atoms with Gasteiger partial charge in [-0.05, 0) is 70.9 Å². The van der Waals surface area contributed by atoms with E-state index < -0.39 is 0 Å². The van der Waals surface area contributed by atoms with Gasteiger partial charge in [0.2, 0.25) is 0 Å². The van der Waals surface area contributed by atoms with Crippen molar-refractivity contribution in [2.24, 2.45) is 5.92 Å². The van der Waals surface area contributed by atoms with Crippen molar-refractivity contribution in [2.75, 3.05) is 26.7 Å². The van der Waals surface area contributed by atoms with Crippen molar-refractivity contribution >= 4 is 11.0 Å². The Kier molecular flexibility index (Phi) is 5.28. The second-order valence-electron chi connectivity index (χ2n) is 6.52. The first-order valence-corrected chi connectivity index (χ1v) is 8.73. The summed E-state index contributed by atoms with van der Waals surface area (Å²) in [4.78, 5) is 7.16. The Morgan fingerprint density at radius 1 is 1.30 bits per heavy atom. The predicted molar refractivity (Wildman–Crippen MR) is 91.9 cm³/mol. The summed E-state index contributed by atoms with van der Waals surface area (Å²) in [7, 11) is 2.02. The molecule has 1 aromatic carbocycles. The van der Waals surface area contributed by atoms with E-state index in [9.17, 15) is 4.39 Å². The van der Waals surface area contributed by atoms with Crippen LogP contribution in [0.25, 0.3) is 11.0 Å². The van der Waals surface area contributed by atoms with Gasteiger partial charge in [-0.2, -0.15) is 0 Å². The lowest BCUT2D eigenvalue weighted by Crippen LogP contribution is -2.34. The molecule has 2 heterocycles. The zero-order chi connectivity index (χ0) is 16.2. The normalized spacial score (nSPS) is 17.2. The van der Waals surface area contributed by atoms with E-state index in [1.54, 1.807) is 0 Å². The molecule has 23 heavy (non-hydrogen) atoms. The molecule has 1 aliphatic rings. The maximum atomic E-state index is 13.4. The van der Waals surface area contributed by atoms with Gasteiger partial charge in [-0.25, -0.2) is 9.37 Å². The molecule has 5 heteroatoms. The first kappa shape index (κ1) is 16.4. The van der Waals surface area contributed by atoms with Crippen LogP contribution in [0, 0.1) is 11.7 Å². The highest BCUT2D eigenvalue weighted by Gasteiger charge is 2.21. The number of benzene rings is 1. The highest BCUT2D eigenvalue weighted by Crippen LogP contribution is 2.23. The van der Waals surface area contributed by atoms with Crippen LogP contribution in [-0.4, -0.2) is 41.1 Å². The van der Waals surface area contributed by atoms with E-state index in [1.165, 1.54) is 31.4 Å². The summed E-state index contributed by atoms with van der Waals surface area (Å²) < 4.78 is 15.6. The molecule has 0 atom stereocenters. The number of halogens is 1. The summed E-state index contributed by atoms with van der Waals surface area (Å²) in [5.74, 6) is 1.69. The molecule has 4 nitrogen and oxygen atoms in total. The van der Waals surface area contributed by atoms with Crippen LogP contribution in [0.15, 0.2) is 18.2 Å². The fraction of sp³-hybridized carbons (Fsp3) is 0.611. The molecule has 0 aliphatic carbocycles. The van der Waals surface area contributed by atoms with Crippen LogP contribution in [0.3, 0.4) is 0 Å². The Bertz CT molecular complexity index is 644. The van der Waals surface area contributed by atoms with E-state index in [0.29, 0.717) is 0 Å². The molecule has 0 amide bonds. The minimum atomic E-state index is -0.213. The van der Waals surface area contributed by atoms with E-state index >= 15 is 0 Å². The fourth-order valence-corrected chi connectivity index (χ4v) is 3.61. The van der Waals surface area contributed by atoms with Crippen LogP contribution >= 0.6 is 0 Å². The van der Waals surface area contributed by atoms with Gasteiger partial charge in [-0.3, -0.25) is 4.90 Å². The molecule has 0 radical (unpaired) electrons. The predicted octanol–water partition coefficient (Wildman–Crippen LogP) is 3.02. The van der Waals surface area contributed by atoms with Crippen LogP contribution < -0.4 is 5.32 Å². The Balaban J connectivity index is 1.68. The number of rotatable bonds is 6. The van der Waals surface area contributed by atoms with Crippen molar-refractivity contribution in [3.63, 3.8) is 0 Å². The van der Waals surface area contributed by atoms with Crippen LogP contribution in [0.2, 0.25) is 0 Å². The summed E-state index contributed by atoms with van der Waals surface area (Å²) >= 11 is 0. The molecule has 1 saturated heterocycles. The van der Waals surface area contributed by atoms with Gasteiger partial charge < -0.3 is 9.88 Å². The Labute approximate surface area is 137 Å². The lowest BCUT2D eigenvalue weighted by atomic mass is 9.93. The number of fused-ring (bicyclic) bond motifs is 1. The summed E-state index contributed by atoms with van der Waals surface area (Å²) in [5, 5.41) is 3.24. The molecule has 1 N–H and O–H groups in total. The summed E-state index contributed by atoms with van der Waals surface area (Å²) in [5.41, 5.74) is 1.80. The van der Waals surface area contributed by atoms with Crippen molar-refractivity contribution in [2.45, 2.75) is 39.3 Å². The van der Waals surface area contributed by atoms with Crippen molar-refractivity contribution in [3.8, 4) is 0 Å². The van der Waals surface area contributed by atoms with E-state index in [-0.39, 0.29) is 5.82 Å². The van der Waals surface area contributed by atoms with E-state index in [4.69, 9.17) is 0 Å². The minimum Gasteiger partial charge on any atom is -0.327 e. The standard InChI is InChI=1S/C18H27FN4/c1-3-23-17-5-4-15(19)12-16(17)21-18(23)13-22-10-7-14(8-11-22)6-9-20-2/h4-5,12,14,20H,3,6-11,13H2,1-2H3. The number of likely N-dealkylation sites (tertiary alicyclic amines) is 1. The van der Waals surface area contributed by atoms with Crippen molar-refractivity contribution in [1.82, 2.24) is 19.8 Å². The Morgan fingerprint density at radius 2 is 2.09 bits per heavy atom. The van der Waals surface area contributed by atoms with E-state index in [1.807, 2.05) is 13.1 Å².